The van der Waals surface area contributed by atoms with Crippen LogP contribution >= 0.6 is 11.6 Å². The zero-order valence-corrected chi connectivity index (χ0v) is 12.5. The Morgan fingerprint density at radius 1 is 1.30 bits per heavy atom. The molecular formula is C16H22ClFN2. The molecule has 0 radical (unpaired) electrons. The zero-order chi connectivity index (χ0) is 14.1. The van der Waals surface area contributed by atoms with Gasteiger partial charge < -0.3 is 5.73 Å². The van der Waals surface area contributed by atoms with Crippen LogP contribution in [0.25, 0.3) is 0 Å². The van der Waals surface area contributed by atoms with Crippen molar-refractivity contribution in [3.8, 4) is 0 Å². The molecule has 1 aromatic carbocycles. The first-order chi connectivity index (χ1) is 9.72. The monoisotopic (exact) mass is 296 g/mol. The molecule has 2 aliphatic carbocycles. The Hall–Kier alpha value is -0.640. The van der Waals surface area contributed by atoms with Gasteiger partial charge in [-0.3, -0.25) is 4.90 Å². The van der Waals surface area contributed by atoms with Crippen LogP contribution < -0.4 is 5.73 Å². The predicted molar refractivity (Wildman–Crippen MR) is 80.3 cm³/mol. The second-order valence-corrected chi connectivity index (χ2v) is 6.44. The number of nitrogens with two attached hydrogens (primary N) is 1. The number of rotatable bonds is 6. The fraction of sp³-hybridized carbons (Fsp3) is 0.625. The number of nitrogens with zero attached hydrogens (tertiary/aromatic N) is 1. The van der Waals surface area contributed by atoms with Gasteiger partial charge in [0.1, 0.15) is 5.82 Å². The molecule has 0 spiro atoms. The Bertz CT molecular complexity index is 472. The molecule has 20 heavy (non-hydrogen) atoms. The number of hydrogen-bond acceptors (Lipinski definition) is 2. The maximum absolute atomic E-state index is 14.5. The van der Waals surface area contributed by atoms with Crippen molar-refractivity contribution >= 4 is 11.6 Å². The lowest BCUT2D eigenvalue weighted by atomic mass is 9.76. The minimum absolute atomic E-state index is 0.151. The van der Waals surface area contributed by atoms with Gasteiger partial charge >= 0.3 is 0 Å². The number of benzene rings is 1. The van der Waals surface area contributed by atoms with Crippen molar-refractivity contribution in [2.45, 2.75) is 44.2 Å². The summed E-state index contributed by atoms with van der Waals surface area (Å²) in [6.45, 7) is 1.47. The van der Waals surface area contributed by atoms with Crippen molar-refractivity contribution in [1.29, 1.82) is 0 Å². The largest absolute Gasteiger partial charge is 0.329 e. The van der Waals surface area contributed by atoms with Gasteiger partial charge in [0.25, 0.3) is 0 Å². The van der Waals surface area contributed by atoms with Gasteiger partial charge in [-0.25, -0.2) is 4.39 Å². The van der Waals surface area contributed by atoms with Crippen molar-refractivity contribution in [3.63, 3.8) is 0 Å². The van der Waals surface area contributed by atoms with Crippen LogP contribution in [0.5, 0.6) is 0 Å². The van der Waals surface area contributed by atoms with E-state index in [0.717, 1.165) is 12.1 Å². The summed E-state index contributed by atoms with van der Waals surface area (Å²) < 4.78 is 14.5. The number of hydrogen-bond donors (Lipinski definition) is 1. The second-order valence-electron chi connectivity index (χ2n) is 6.04. The summed E-state index contributed by atoms with van der Waals surface area (Å²) in [5.41, 5.74) is 6.54. The minimum Gasteiger partial charge on any atom is -0.329 e. The SMILES string of the molecule is NCCN(C1CC1)C(c1cccc(Cl)c1F)C1CCC1. The number of halogens is 2. The fourth-order valence-electron chi connectivity index (χ4n) is 3.31. The van der Waals surface area contributed by atoms with Crippen LogP contribution in [0.15, 0.2) is 18.2 Å². The molecule has 0 bridgehead atoms. The summed E-state index contributed by atoms with van der Waals surface area (Å²) in [6.07, 6.45) is 6.05. The molecule has 0 heterocycles. The second kappa shape index (κ2) is 6.00. The van der Waals surface area contributed by atoms with E-state index < -0.39 is 0 Å². The Kier molecular flexibility index (Phi) is 4.29. The normalized spacial score (nSPS) is 21.0. The molecule has 110 valence electrons. The summed E-state index contributed by atoms with van der Waals surface area (Å²) in [5, 5.41) is 0.232. The Labute approximate surface area is 125 Å². The molecule has 0 aromatic heterocycles. The van der Waals surface area contributed by atoms with Gasteiger partial charge in [-0.05, 0) is 37.7 Å². The van der Waals surface area contributed by atoms with E-state index in [1.165, 1.54) is 32.1 Å². The molecule has 2 fully saturated rings. The lowest BCUT2D eigenvalue weighted by molar-refractivity contribution is 0.0878. The van der Waals surface area contributed by atoms with Crippen LogP contribution in [0.4, 0.5) is 4.39 Å². The third kappa shape index (κ3) is 2.72. The lowest BCUT2D eigenvalue weighted by Crippen LogP contribution is -2.41. The topological polar surface area (TPSA) is 29.3 Å². The quantitative estimate of drug-likeness (QED) is 0.866. The van der Waals surface area contributed by atoms with Crippen molar-refractivity contribution in [1.82, 2.24) is 4.90 Å². The highest BCUT2D eigenvalue weighted by atomic mass is 35.5. The molecule has 0 saturated heterocycles. The van der Waals surface area contributed by atoms with Gasteiger partial charge in [-0.1, -0.05) is 30.2 Å². The fourth-order valence-corrected chi connectivity index (χ4v) is 3.49. The molecule has 4 heteroatoms. The summed E-state index contributed by atoms with van der Waals surface area (Å²) >= 11 is 5.98. The predicted octanol–water partition coefficient (Wildman–Crippen LogP) is 3.74. The van der Waals surface area contributed by atoms with Gasteiger partial charge in [0.05, 0.1) is 5.02 Å². The Balaban J connectivity index is 1.94. The molecule has 0 amide bonds. The summed E-state index contributed by atoms with van der Waals surface area (Å²) in [5.74, 6) is 0.309. The molecule has 1 atom stereocenters. The first-order valence-corrected chi connectivity index (χ1v) is 8.00. The third-order valence-corrected chi connectivity index (χ3v) is 4.95. The van der Waals surface area contributed by atoms with Crippen molar-refractivity contribution in [2.24, 2.45) is 11.7 Å². The van der Waals surface area contributed by atoms with Crippen LogP contribution in [-0.4, -0.2) is 24.0 Å². The minimum atomic E-state index is -0.242. The summed E-state index contributed by atoms with van der Waals surface area (Å²) in [7, 11) is 0. The average Bonchev–Trinajstić information content (AvgIpc) is 3.19. The van der Waals surface area contributed by atoms with E-state index in [1.807, 2.05) is 12.1 Å². The highest BCUT2D eigenvalue weighted by Crippen LogP contribution is 2.46. The summed E-state index contributed by atoms with van der Waals surface area (Å²) in [6, 6.07) is 6.12. The molecule has 2 N–H and O–H groups in total. The van der Waals surface area contributed by atoms with Crippen molar-refractivity contribution < 1.29 is 4.39 Å². The van der Waals surface area contributed by atoms with E-state index in [9.17, 15) is 4.39 Å². The zero-order valence-electron chi connectivity index (χ0n) is 11.7. The van der Waals surface area contributed by atoms with E-state index in [0.29, 0.717) is 18.5 Å². The van der Waals surface area contributed by atoms with Crippen molar-refractivity contribution in [3.05, 3.63) is 34.6 Å². The van der Waals surface area contributed by atoms with Gasteiger partial charge in [0.15, 0.2) is 0 Å². The molecule has 3 rings (SSSR count). The smallest absolute Gasteiger partial charge is 0.146 e. The van der Waals surface area contributed by atoms with E-state index in [1.54, 1.807) is 6.07 Å². The van der Waals surface area contributed by atoms with Crippen LogP contribution in [0.3, 0.4) is 0 Å². The van der Waals surface area contributed by atoms with Crippen LogP contribution in [0.1, 0.15) is 43.7 Å². The van der Waals surface area contributed by atoms with Gasteiger partial charge in [-0.2, -0.15) is 0 Å². The molecular weight excluding hydrogens is 275 g/mol. The maximum Gasteiger partial charge on any atom is 0.146 e. The van der Waals surface area contributed by atoms with E-state index in [2.05, 4.69) is 4.90 Å². The lowest BCUT2D eigenvalue weighted by Gasteiger charge is -2.42. The summed E-state index contributed by atoms with van der Waals surface area (Å²) in [4.78, 5) is 2.43. The first kappa shape index (κ1) is 14.3. The van der Waals surface area contributed by atoms with Gasteiger partial charge in [-0.15, -0.1) is 0 Å². The first-order valence-electron chi connectivity index (χ1n) is 7.62. The van der Waals surface area contributed by atoms with E-state index in [4.69, 9.17) is 17.3 Å². The molecule has 2 nitrogen and oxygen atoms in total. The van der Waals surface area contributed by atoms with Gasteiger partial charge in [0, 0.05) is 30.7 Å². The van der Waals surface area contributed by atoms with Crippen LogP contribution in [-0.2, 0) is 0 Å². The standard InChI is InChI=1S/C16H22ClFN2/c17-14-6-2-5-13(15(14)18)16(11-3-1-4-11)20(10-9-19)12-7-8-12/h2,5-6,11-12,16H,1,3-4,7-10,19H2. The highest BCUT2D eigenvalue weighted by Gasteiger charge is 2.40. The maximum atomic E-state index is 14.5. The van der Waals surface area contributed by atoms with Crippen LogP contribution in [0.2, 0.25) is 5.02 Å². The molecule has 1 unspecified atom stereocenters. The Morgan fingerprint density at radius 2 is 2.05 bits per heavy atom. The third-order valence-electron chi connectivity index (χ3n) is 4.66. The Morgan fingerprint density at radius 3 is 2.60 bits per heavy atom. The highest BCUT2D eigenvalue weighted by molar-refractivity contribution is 6.30. The van der Waals surface area contributed by atoms with E-state index in [-0.39, 0.29) is 16.9 Å². The molecule has 0 aliphatic heterocycles. The molecule has 2 aliphatic rings. The molecule has 1 aromatic rings. The van der Waals surface area contributed by atoms with E-state index >= 15 is 0 Å². The average molecular weight is 297 g/mol. The van der Waals surface area contributed by atoms with Crippen molar-refractivity contribution in [2.75, 3.05) is 13.1 Å². The molecule has 2 saturated carbocycles. The van der Waals surface area contributed by atoms with Crippen LogP contribution in [0, 0.1) is 11.7 Å². The van der Waals surface area contributed by atoms with Gasteiger partial charge in [0.2, 0.25) is 0 Å².